The molecule has 2 heterocycles. The van der Waals surface area contributed by atoms with Crippen molar-refractivity contribution in [2.45, 2.75) is 17.9 Å². The Hall–Kier alpha value is -3.57. The molecule has 0 aliphatic heterocycles. The van der Waals surface area contributed by atoms with Crippen LogP contribution in [0.4, 0.5) is 0 Å². The molecule has 11 heteroatoms. The average Bonchev–Trinajstić information content (AvgIpc) is 3.27. The van der Waals surface area contributed by atoms with Crippen molar-refractivity contribution in [3.05, 3.63) is 81.5 Å². The molecule has 4 rings (SSSR count). The van der Waals surface area contributed by atoms with Gasteiger partial charge in [0.2, 0.25) is 10.0 Å². The van der Waals surface area contributed by atoms with Crippen molar-refractivity contribution in [2.24, 2.45) is 0 Å². The highest BCUT2D eigenvalue weighted by Gasteiger charge is 2.27. The molecule has 4 aromatic rings. The second kappa shape index (κ2) is 7.35. The van der Waals surface area contributed by atoms with Gasteiger partial charge in [-0.25, -0.2) is 22.9 Å². The van der Waals surface area contributed by atoms with Crippen molar-refractivity contribution in [1.29, 1.82) is 0 Å². The first kappa shape index (κ1) is 19.7. The summed E-state index contributed by atoms with van der Waals surface area (Å²) < 4.78 is 29.1. The number of hydrogen-bond donors (Lipinski definition) is 2. The van der Waals surface area contributed by atoms with Crippen LogP contribution in [0.15, 0.2) is 69.6 Å². The van der Waals surface area contributed by atoms with Gasteiger partial charge in [-0.2, -0.15) is 9.40 Å². The summed E-state index contributed by atoms with van der Waals surface area (Å²) in [5.74, 6) is 0. The molecule has 0 bridgehead atoms. The van der Waals surface area contributed by atoms with Gasteiger partial charge in [-0.15, -0.1) is 0 Å². The van der Waals surface area contributed by atoms with Gasteiger partial charge < -0.3 is 4.98 Å². The van der Waals surface area contributed by atoms with E-state index < -0.39 is 27.3 Å². The van der Waals surface area contributed by atoms with Crippen molar-refractivity contribution >= 4 is 20.9 Å². The minimum atomic E-state index is -3.90. The molecule has 0 radical (unpaired) electrons. The van der Waals surface area contributed by atoms with Crippen molar-refractivity contribution in [3.8, 4) is 5.69 Å². The van der Waals surface area contributed by atoms with Gasteiger partial charge in [0.05, 0.1) is 21.5 Å². The van der Waals surface area contributed by atoms with Gasteiger partial charge in [-0.1, -0.05) is 12.1 Å². The molecule has 0 aliphatic rings. The number of rotatable bonds is 5. The number of benzene rings is 2. The smallest absolute Gasteiger partial charge is 0.307 e. The van der Waals surface area contributed by atoms with Crippen molar-refractivity contribution < 1.29 is 8.42 Å². The maximum absolute atomic E-state index is 13.1. The number of nitrogens with one attached hydrogen (secondary N) is 2. The number of aromatic nitrogens is 5. The molecule has 30 heavy (non-hydrogen) atoms. The third-order valence-electron chi connectivity index (χ3n) is 4.99. The van der Waals surface area contributed by atoms with E-state index in [1.54, 1.807) is 17.9 Å². The van der Waals surface area contributed by atoms with Crippen LogP contribution in [0.2, 0.25) is 0 Å². The van der Waals surface area contributed by atoms with Crippen molar-refractivity contribution in [1.82, 2.24) is 29.0 Å². The van der Waals surface area contributed by atoms with Gasteiger partial charge in [-0.05, 0) is 42.8 Å². The Balaban J connectivity index is 1.66. The number of H-pyrrole nitrogens is 2. The zero-order valence-electron chi connectivity index (χ0n) is 16.1. The molecule has 1 atom stereocenters. The van der Waals surface area contributed by atoms with Gasteiger partial charge in [0.25, 0.3) is 5.56 Å². The van der Waals surface area contributed by atoms with Crippen LogP contribution in [0.1, 0.15) is 18.5 Å². The summed E-state index contributed by atoms with van der Waals surface area (Å²) >= 11 is 0. The Labute approximate surface area is 170 Å². The van der Waals surface area contributed by atoms with Gasteiger partial charge in [0.1, 0.15) is 12.7 Å². The standard InChI is InChI=1S/C19H18N6O4S/c1-12(13-3-5-14(6-4-13)25-11-20-10-21-25)24(2)30(28,29)15-7-8-17-16(9-15)18(26)23-19(27)22-17/h3-12H,1-2H3,(H2,22,23,26,27). The van der Waals surface area contributed by atoms with E-state index in [0.29, 0.717) is 0 Å². The maximum Gasteiger partial charge on any atom is 0.326 e. The predicted octanol–water partition coefficient (Wildman–Crippen LogP) is 1.18. The quantitative estimate of drug-likeness (QED) is 0.492. The first-order chi connectivity index (χ1) is 14.3. The van der Waals surface area contributed by atoms with E-state index in [1.165, 1.54) is 35.9 Å². The van der Waals surface area contributed by atoms with E-state index in [4.69, 9.17) is 0 Å². The first-order valence-electron chi connectivity index (χ1n) is 8.97. The van der Waals surface area contributed by atoms with Gasteiger partial charge >= 0.3 is 5.69 Å². The Kier molecular flexibility index (Phi) is 4.84. The fourth-order valence-electron chi connectivity index (χ4n) is 3.14. The molecule has 10 nitrogen and oxygen atoms in total. The fraction of sp³-hybridized carbons (Fsp3) is 0.158. The third kappa shape index (κ3) is 3.44. The van der Waals surface area contributed by atoms with Crippen LogP contribution >= 0.6 is 0 Å². The predicted molar refractivity (Wildman–Crippen MR) is 110 cm³/mol. The lowest BCUT2D eigenvalue weighted by molar-refractivity contribution is 0.398. The molecular weight excluding hydrogens is 408 g/mol. The van der Waals surface area contributed by atoms with Crippen LogP contribution in [0.5, 0.6) is 0 Å². The van der Waals surface area contributed by atoms with Crippen molar-refractivity contribution in [2.75, 3.05) is 7.05 Å². The Morgan fingerprint density at radius 3 is 2.47 bits per heavy atom. The zero-order chi connectivity index (χ0) is 21.5. The molecular formula is C19H18N6O4S. The lowest BCUT2D eigenvalue weighted by atomic mass is 10.1. The number of aromatic amines is 2. The van der Waals surface area contributed by atoms with Crippen molar-refractivity contribution in [3.63, 3.8) is 0 Å². The number of sulfonamides is 1. The maximum atomic E-state index is 13.1. The highest BCUT2D eigenvalue weighted by atomic mass is 32.2. The van der Waals surface area contributed by atoms with Gasteiger partial charge in [0, 0.05) is 13.1 Å². The summed E-state index contributed by atoms with van der Waals surface area (Å²) in [6.45, 7) is 1.77. The highest BCUT2D eigenvalue weighted by molar-refractivity contribution is 7.89. The summed E-state index contributed by atoms with van der Waals surface area (Å²) in [5, 5.41) is 4.15. The normalized spacial score (nSPS) is 13.0. The van der Waals surface area contributed by atoms with E-state index in [0.717, 1.165) is 11.3 Å². The average molecular weight is 426 g/mol. The molecule has 0 aliphatic carbocycles. The molecule has 2 aromatic heterocycles. The Morgan fingerprint density at radius 1 is 1.07 bits per heavy atom. The molecule has 2 aromatic carbocycles. The van der Waals surface area contributed by atoms with Crippen LogP contribution in [-0.2, 0) is 10.0 Å². The monoisotopic (exact) mass is 426 g/mol. The van der Waals surface area contributed by atoms with E-state index in [-0.39, 0.29) is 15.8 Å². The molecule has 0 spiro atoms. The molecule has 0 saturated heterocycles. The third-order valence-corrected chi connectivity index (χ3v) is 6.92. The Morgan fingerprint density at radius 2 is 1.80 bits per heavy atom. The number of nitrogens with zero attached hydrogens (tertiary/aromatic N) is 4. The van der Waals surface area contributed by atoms with Crippen LogP contribution in [0.25, 0.3) is 16.6 Å². The summed E-state index contributed by atoms with van der Waals surface area (Å²) in [5.41, 5.74) is 0.556. The summed E-state index contributed by atoms with van der Waals surface area (Å²) in [6.07, 6.45) is 3.00. The highest BCUT2D eigenvalue weighted by Crippen LogP contribution is 2.27. The molecule has 0 fully saturated rings. The second-order valence-electron chi connectivity index (χ2n) is 6.74. The van der Waals surface area contributed by atoms with Crippen LogP contribution in [-0.4, -0.2) is 44.5 Å². The summed E-state index contributed by atoms with van der Waals surface area (Å²) in [4.78, 5) is 31.9. The molecule has 1 unspecified atom stereocenters. The van der Waals surface area contributed by atoms with E-state index in [9.17, 15) is 18.0 Å². The van der Waals surface area contributed by atoms with E-state index in [1.807, 2.05) is 24.3 Å². The number of hydrogen-bond acceptors (Lipinski definition) is 6. The number of fused-ring (bicyclic) bond motifs is 1. The van der Waals surface area contributed by atoms with Crippen LogP contribution in [0.3, 0.4) is 0 Å². The Bertz CT molecular complexity index is 1420. The summed E-state index contributed by atoms with van der Waals surface area (Å²) in [7, 11) is -2.42. The lowest BCUT2D eigenvalue weighted by Gasteiger charge is -2.25. The first-order valence-corrected chi connectivity index (χ1v) is 10.4. The minimum Gasteiger partial charge on any atom is -0.307 e. The molecule has 0 saturated carbocycles. The largest absolute Gasteiger partial charge is 0.326 e. The minimum absolute atomic E-state index is 0.0406. The molecule has 2 N–H and O–H groups in total. The van der Waals surface area contributed by atoms with Crippen LogP contribution in [0, 0.1) is 0 Å². The van der Waals surface area contributed by atoms with Crippen LogP contribution < -0.4 is 11.2 Å². The topological polar surface area (TPSA) is 134 Å². The lowest BCUT2D eigenvalue weighted by Crippen LogP contribution is -2.30. The van der Waals surface area contributed by atoms with Gasteiger partial charge in [0.15, 0.2) is 0 Å². The van der Waals surface area contributed by atoms with E-state index in [2.05, 4.69) is 20.1 Å². The molecule has 0 amide bonds. The SMILES string of the molecule is CC(c1ccc(-n2cncn2)cc1)N(C)S(=O)(=O)c1ccc2[nH]c(=O)[nH]c(=O)c2c1. The zero-order valence-corrected chi connectivity index (χ0v) is 16.9. The fourth-order valence-corrected chi connectivity index (χ4v) is 4.51. The second-order valence-corrected chi connectivity index (χ2v) is 8.74. The van der Waals surface area contributed by atoms with Gasteiger partial charge in [-0.3, -0.25) is 9.78 Å². The van der Waals surface area contributed by atoms with E-state index >= 15 is 0 Å². The molecule has 154 valence electrons. The summed E-state index contributed by atoms with van der Waals surface area (Å²) in [6, 6.07) is 10.9.